The molecule has 0 aliphatic carbocycles. The Balaban J connectivity index is 4.85. The smallest absolute Gasteiger partial charge is 0.315 e. The number of esters is 1. The topological polar surface area (TPSA) is 26.3 Å². The van der Waals surface area contributed by atoms with Gasteiger partial charge in [-0.25, -0.2) is 0 Å². The molecule has 0 radical (unpaired) electrons. The van der Waals surface area contributed by atoms with E-state index in [2.05, 4.69) is 20.0 Å². The Hall–Kier alpha value is -0.833. The molecular formula is C14H26O2Si. The van der Waals surface area contributed by atoms with Crippen LogP contribution in [0, 0.1) is 5.41 Å². The highest BCUT2D eigenvalue weighted by atomic mass is 28.3. The summed E-state index contributed by atoms with van der Waals surface area (Å²) in [7, 11) is 0.482. The first kappa shape index (κ1) is 16.2. The number of hydrogen-bond acceptors (Lipinski definition) is 2. The van der Waals surface area contributed by atoms with E-state index in [9.17, 15) is 4.79 Å². The van der Waals surface area contributed by atoms with Crippen LogP contribution in [0.4, 0.5) is 0 Å². The Morgan fingerprint density at radius 2 is 2.06 bits per heavy atom. The average molecular weight is 254 g/mol. The molecule has 0 rings (SSSR count). The van der Waals surface area contributed by atoms with Gasteiger partial charge in [-0.2, -0.15) is 0 Å². The molecule has 17 heavy (non-hydrogen) atoms. The fourth-order valence-electron chi connectivity index (χ4n) is 1.82. The van der Waals surface area contributed by atoms with Gasteiger partial charge >= 0.3 is 5.97 Å². The second-order valence-electron chi connectivity index (χ2n) is 5.11. The Morgan fingerprint density at radius 3 is 2.47 bits per heavy atom. The van der Waals surface area contributed by atoms with Crippen molar-refractivity contribution < 1.29 is 9.53 Å². The zero-order chi connectivity index (χ0) is 13.5. The third-order valence-electron chi connectivity index (χ3n) is 3.03. The lowest BCUT2D eigenvalue weighted by Gasteiger charge is -2.20. The molecule has 1 unspecified atom stereocenters. The van der Waals surface area contributed by atoms with Gasteiger partial charge in [0.1, 0.15) is 0 Å². The molecule has 0 aliphatic heterocycles. The van der Waals surface area contributed by atoms with E-state index in [1.807, 2.05) is 26.0 Å². The molecule has 1 atom stereocenters. The number of carbonyl (C=O) groups excluding carboxylic acids is 1. The predicted molar refractivity (Wildman–Crippen MR) is 76.8 cm³/mol. The van der Waals surface area contributed by atoms with E-state index in [1.165, 1.54) is 31.2 Å². The van der Waals surface area contributed by atoms with Gasteiger partial charge in [-0.15, -0.1) is 0 Å². The van der Waals surface area contributed by atoms with Crippen molar-refractivity contribution in [2.75, 3.05) is 7.11 Å². The SMILES string of the molecule is C=CC(=CC(C)(C)C(=O)OC)[SiH](C)CCCC. The number of methoxy groups -OCH3 is 1. The van der Waals surface area contributed by atoms with Crippen LogP contribution >= 0.6 is 0 Å². The highest BCUT2D eigenvalue weighted by Crippen LogP contribution is 2.23. The van der Waals surface area contributed by atoms with E-state index in [0.29, 0.717) is 0 Å². The molecule has 98 valence electrons. The van der Waals surface area contributed by atoms with Gasteiger partial charge in [-0.05, 0) is 13.8 Å². The molecule has 0 saturated carbocycles. The summed E-state index contributed by atoms with van der Waals surface area (Å²) in [5, 5.41) is 1.27. The van der Waals surface area contributed by atoms with Crippen molar-refractivity contribution in [2.24, 2.45) is 5.41 Å². The summed E-state index contributed by atoms with van der Waals surface area (Å²) in [6.07, 6.45) is 6.44. The molecule has 0 aromatic carbocycles. The zero-order valence-corrected chi connectivity index (χ0v) is 13.0. The highest BCUT2D eigenvalue weighted by molar-refractivity contribution is 6.66. The molecule has 3 heteroatoms. The summed E-state index contributed by atoms with van der Waals surface area (Å²) >= 11 is 0. The minimum Gasteiger partial charge on any atom is -0.468 e. The van der Waals surface area contributed by atoms with Crippen molar-refractivity contribution >= 4 is 14.8 Å². The van der Waals surface area contributed by atoms with E-state index in [0.717, 1.165) is 0 Å². The van der Waals surface area contributed by atoms with Crippen LogP contribution in [-0.2, 0) is 9.53 Å². The monoisotopic (exact) mass is 254 g/mol. The fraction of sp³-hybridized carbons (Fsp3) is 0.643. The fourth-order valence-corrected chi connectivity index (χ4v) is 4.28. The molecule has 0 spiro atoms. The Kier molecular flexibility index (Phi) is 7.12. The summed E-state index contributed by atoms with van der Waals surface area (Å²) in [5.74, 6) is -0.187. The van der Waals surface area contributed by atoms with Gasteiger partial charge in [-0.1, -0.05) is 56.3 Å². The highest BCUT2D eigenvalue weighted by Gasteiger charge is 2.27. The van der Waals surface area contributed by atoms with Crippen molar-refractivity contribution in [3.8, 4) is 0 Å². The second kappa shape index (κ2) is 7.48. The normalized spacial score (nSPS) is 14.3. The van der Waals surface area contributed by atoms with Gasteiger partial charge in [0, 0.05) is 0 Å². The minimum atomic E-state index is -0.952. The van der Waals surface area contributed by atoms with E-state index in [-0.39, 0.29) is 5.97 Å². The number of carbonyl (C=O) groups is 1. The number of unbranched alkanes of at least 4 members (excludes halogenated alkanes) is 1. The van der Waals surface area contributed by atoms with Crippen molar-refractivity contribution in [1.29, 1.82) is 0 Å². The first-order chi connectivity index (χ1) is 7.88. The Labute approximate surface area is 107 Å². The van der Waals surface area contributed by atoms with Crippen LogP contribution in [0.3, 0.4) is 0 Å². The quantitative estimate of drug-likeness (QED) is 0.395. The molecule has 0 bridgehead atoms. The Bertz CT molecular complexity index is 293. The number of allylic oxidation sites excluding steroid dienone is 2. The van der Waals surface area contributed by atoms with Crippen molar-refractivity contribution in [2.45, 2.75) is 46.2 Å². The standard InChI is InChI=1S/C14H26O2Si/c1-7-9-10-17(6)12(8-2)11-14(3,4)13(15)16-5/h8,11,17H,2,7,9-10H2,1,3-6H3. The lowest BCUT2D eigenvalue weighted by Crippen LogP contribution is -2.25. The maximum atomic E-state index is 11.6. The Morgan fingerprint density at radius 1 is 1.47 bits per heavy atom. The summed E-state index contributed by atoms with van der Waals surface area (Å²) in [5.41, 5.74) is -0.550. The van der Waals surface area contributed by atoms with Gasteiger partial charge in [0.05, 0.1) is 21.3 Å². The zero-order valence-electron chi connectivity index (χ0n) is 11.9. The van der Waals surface area contributed by atoms with Gasteiger partial charge < -0.3 is 4.74 Å². The van der Waals surface area contributed by atoms with E-state index >= 15 is 0 Å². The molecule has 0 aliphatic rings. The molecular weight excluding hydrogens is 228 g/mol. The van der Waals surface area contributed by atoms with Gasteiger partial charge in [0.15, 0.2) is 0 Å². The van der Waals surface area contributed by atoms with Crippen LogP contribution < -0.4 is 0 Å². The van der Waals surface area contributed by atoms with Crippen LogP contribution in [0.25, 0.3) is 0 Å². The van der Waals surface area contributed by atoms with E-state index in [1.54, 1.807) is 0 Å². The first-order valence-electron chi connectivity index (χ1n) is 6.32. The van der Waals surface area contributed by atoms with Crippen LogP contribution in [0.2, 0.25) is 12.6 Å². The summed E-state index contributed by atoms with van der Waals surface area (Å²) in [6, 6.07) is 1.27. The lowest BCUT2D eigenvalue weighted by molar-refractivity contribution is -0.148. The summed E-state index contributed by atoms with van der Waals surface area (Å²) in [4.78, 5) is 11.6. The summed E-state index contributed by atoms with van der Waals surface area (Å²) in [6.45, 7) is 12.2. The molecule has 0 amide bonds. The van der Waals surface area contributed by atoms with Gasteiger partial charge in [0.2, 0.25) is 0 Å². The van der Waals surface area contributed by atoms with Crippen molar-refractivity contribution in [3.63, 3.8) is 0 Å². The van der Waals surface area contributed by atoms with Crippen molar-refractivity contribution in [1.82, 2.24) is 0 Å². The first-order valence-corrected chi connectivity index (χ1v) is 8.87. The van der Waals surface area contributed by atoms with Crippen LogP contribution in [-0.4, -0.2) is 21.9 Å². The van der Waals surface area contributed by atoms with Gasteiger partial charge in [-0.3, -0.25) is 4.79 Å². The predicted octanol–water partition coefficient (Wildman–Crippen LogP) is 3.49. The number of ether oxygens (including phenoxy) is 1. The maximum Gasteiger partial charge on any atom is 0.315 e. The lowest BCUT2D eigenvalue weighted by atomic mass is 9.93. The summed E-state index contributed by atoms with van der Waals surface area (Å²) < 4.78 is 4.82. The van der Waals surface area contributed by atoms with Crippen LogP contribution in [0.1, 0.15) is 33.6 Å². The van der Waals surface area contributed by atoms with Crippen LogP contribution in [0.15, 0.2) is 23.9 Å². The molecule has 2 nitrogen and oxygen atoms in total. The molecule has 0 aromatic heterocycles. The molecule has 0 saturated heterocycles. The largest absolute Gasteiger partial charge is 0.468 e. The van der Waals surface area contributed by atoms with E-state index in [4.69, 9.17) is 4.74 Å². The van der Waals surface area contributed by atoms with Crippen LogP contribution in [0.5, 0.6) is 0 Å². The number of hydrogen-bond donors (Lipinski definition) is 0. The van der Waals surface area contributed by atoms with Crippen molar-refractivity contribution in [3.05, 3.63) is 23.9 Å². The molecule has 0 N–H and O–H groups in total. The second-order valence-corrected chi connectivity index (χ2v) is 8.15. The molecule has 0 aromatic rings. The number of rotatable bonds is 7. The third-order valence-corrected chi connectivity index (χ3v) is 5.85. The average Bonchev–Trinajstić information content (AvgIpc) is 2.31. The molecule has 0 heterocycles. The minimum absolute atomic E-state index is 0.187. The van der Waals surface area contributed by atoms with Gasteiger partial charge in [0.25, 0.3) is 0 Å². The van der Waals surface area contributed by atoms with E-state index < -0.39 is 14.2 Å². The maximum absolute atomic E-state index is 11.6. The third kappa shape index (κ3) is 5.35. The molecule has 0 fully saturated rings.